The van der Waals surface area contributed by atoms with Gasteiger partial charge in [-0.05, 0) is 102 Å². The topological polar surface area (TPSA) is 95.3 Å². The molecule has 6 nitrogen and oxygen atoms in total. The van der Waals surface area contributed by atoms with Gasteiger partial charge in [0.15, 0.2) is 0 Å². The van der Waals surface area contributed by atoms with Crippen molar-refractivity contribution in [3.63, 3.8) is 0 Å². The molecule has 0 saturated heterocycles. The Morgan fingerprint density at radius 1 is 1.00 bits per heavy atom. The van der Waals surface area contributed by atoms with Crippen LogP contribution >= 0.6 is 0 Å². The molecule has 0 bridgehead atoms. The largest absolute Gasteiger partial charge is 0.462 e. The van der Waals surface area contributed by atoms with E-state index < -0.39 is 18.0 Å². The summed E-state index contributed by atoms with van der Waals surface area (Å²) in [7, 11) is 0. The Hall–Kier alpha value is -4.33. The predicted molar refractivity (Wildman–Crippen MR) is 182 cm³/mol. The van der Waals surface area contributed by atoms with E-state index in [4.69, 9.17) is 20.3 Å². The fourth-order valence-corrected chi connectivity index (χ4v) is 6.96. The number of halogens is 2. The van der Waals surface area contributed by atoms with E-state index in [1.54, 1.807) is 30.3 Å². The van der Waals surface area contributed by atoms with Crippen molar-refractivity contribution in [2.75, 3.05) is 6.61 Å². The Morgan fingerprint density at radius 3 is 2.49 bits per heavy atom. The number of benzene rings is 3. The van der Waals surface area contributed by atoms with Crippen molar-refractivity contribution >= 4 is 29.5 Å². The molecule has 1 saturated carbocycles. The minimum Gasteiger partial charge on any atom is -0.462 e. The van der Waals surface area contributed by atoms with Crippen LogP contribution in [0.5, 0.6) is 5.75 Å². The summed E-state index contributed by atoms with van der Waals surface area (Å²) >= 11 is 0. The average Bonchev–Trinajstić information content (AvgIpc) is 3.31. The van der Waals surface area contributed by atoms with Crippen molar-refractivity contribution in [1.29, 1.82) is 10.8 Å². The van der Waals surface area contributed by atoms with Crippen molar-refractivity contribution in [3.8, 4) is 16.9 Å². The highest BCUT2D eigenvalue weighted by Crippen LogP contribution is 2.39. The molecule has 1 fully saturated rings. The van der Waals surface area contributed by atoms with Crippen LogP contribution in [-0.4, -0.2) is 30.4 Å². The number of nitrogens with one attached hydrogen (secondary N) is 3. The van der Waals surface area contributed by atoms with Gasteiger partial charge in [0, 0.05) is 28.3 Å². The lowest BCUT2D eigenvalue weighted by molar-refractivity contribution is 0.0499. The molecule has 3 aromatic rings. The van der Waals surface area contributed by atoms with E-state index in [1.165, 1.54) is 6.07 Å². The van der Waals surface area contributed by atoms with Gasteiger partial charge in [-0.25, -0.2) is 13.6 Å². The van der Waals surface area contributed by atoms with Gasteiger partial charge in [-0.3, -0.25) is 10.8 Å². The first-order valence-corrected chi connectivity index (χ1v) is 16.7. The fraction of sp³-hybridized carbons (Fsp3) is 0.410. The molecule has 3 N–H and O–H groups in total. The number of carbonyl (C=O) groups is 1. The average molecular weight is 640 g/mol. The van der Waals surface area contributed by atoms with E-state index in [2.05, 4.69) is 32.2 Å². The lowest BCUT2D eigenvalue weighted by atomic mass is 9.75. The van der Waals surface area contributed by atoms with Gasteiger partial charge in [0.25, 0.3) is 0 Å². The monoisotopic (exact) mass is 639 g/mol. The van der Waals surface area contributed by atoms with Gasteiger partial charge in [-0.15, -0.1) is 0 Å². The zero-order valence-electron chi connectivity index (χ0n) is 27.6. The summed E-state index contributed by atoms with van der Waals surface area (Å²) in [4.78, 5) is 12.8. The molecule has 8 heteroatoms. The first kappa shape index (κ1) is 32.6. The Morgan fingerprint density at radius 2 is 1.77 bits per heavy atom. The molecule has 246 valence electrons. The number of unbranched alkanes of at least 4 members (excludes halogenated alkanes) is 1. The second kappa shape index (κ2) is 13.1. The fourth-order valence-electron chi connectivity index (χ4n) is 6.96. The highest BCUT2D eigenvalue weighted by Gasteiger charge is 2.33. The van der Waals surface area contributed by atoms with Crippen LogP contribution in [0.3, 0.4) is 0 Å². The maximum atomic E-state index is 15.5. The lowest BCUT2D eigenvalue weighted by Gasteiger charge is -2.32. The van der Waals surface area contributed by atoms with Crippen LogP contribution in [-0.2, 0) is 4.74 Å². The third kappa shape index (κ3) is 6.74. The predicted octanol–water partition coefficient (Wildman–Crippen LogP) is 7.73. The van der Waals surface area contributed by atoms with E-state index in [0.29, 0.717) is 78.0 Å². The van der Waals surface area contributed by atoms with Crippen molar-refractivity contribution in [2.24, 2.45) is 11.3 Å². The summed E-state index contributed by atoms with van der Waals surface area (Å²) in [6.45, 7) is 8.89. The maximum absolute atomic E-state index is 15.5. The maximum Gasteiger partial charge on any atom is 0.338 e. The zero-order valence-corrected chi connectivity index (χ0v) is 27.6. The molecule has 1 atom stereocenters. The van der Waals surface area contributed by atoms with E-state index in [0.717, 1.165) is 28.8 Å². The molecule has 1 aliphatic heterocycles. The number of ether oxygens (including phenoxy) is 2. The Bertz CT molecular complexity index is 1870. The van der Waals surface area contributed by atoms with Crippen molar-refractivity contribution in [3.05, 3.63) is 87.0 Å². The molecular formula is C39H43F2N3O3. The summed E-state index contributed by atoms with van der Waals surface area (Å²) in [6, 6.07) is 13.9. The van der Waals surface area contributed by atoms with Crippen molar-refractivity contribution in [2.45, 2.75) is 84.7 Å². The number of rotatable bonds is 8. The van der Waals surface area contributed by atoms with E-state index in [-0.39, 0.29) is 28.9 Å². The number of carbonyl (C=O) groups excluding carboxylic acids is 1. The van der Waals surface area contributed by atoms with Gasteiger partial charge in [0.2, 0.25) is 0 Å². The molecule has 3 aromatic carbocycles. The minimum absolute atomic E-state index is 0.0382. The van der Waals surface area contributed by atoms with Crippen LogP contribution in [0.1, 0.15) is 106 Å². The summed E-state index contributed by atoms with van der Waals surface area (Å²) < 4.78 is 41.7. The Labute approximate surface area is 274 Å². The normalized spacial score (nSPS) is 20.6. The van der Waals surface area contributed by atoms with Crippen molar-refractivity contribution < 1.29 is 23.0 Å². The van der Waals surface area contributed by atoms with E-state index in [1.807, 2.05) is 19.1 Å². The third-order valence-electron chi connectivity index (χ3n) is 9.68. The molecule has 3 aliphatic rings. The zero-order chi connectivity index (χ0) is 33.5. The van der Waals surface area contributed by atoms with Gasteiger partial charge < -0.3 is 14.8 Å². The molecule has 6 rings (SSSR count). The standard InChI is InChI=1S/C39H43F2N3O3/c1-5-6-14-46-38(45)23-8-7-9-30(19-23)47-32-21-27(39(2,3)4)16-26-20-31-35(37(43)44-36(31)42)34(33(26)32)25-15-24(17-29(41)18-25)22-10-12-28(40)13-11-22/h7-9,15-20,22,27-28H,5-6,10-14,21H2,1-4H3,(H3,42,43,44). The van der Waals surface area contributed by atoms with Gasteiger partial charge in [0.1, 0.15) is 35.2 Å². The minimum atomic E-state index is -0.821. The molecule has 0 aromatic heterocycles. The number of esters is 1. The molecule has 0 radical (unpaired) electrons. The molecule has 1 unspecified atom stereocenters. The van der Waals surface area contributed by atoms with Crippen molar-refractivity contribution in [1.82, 2.24) is 5.32 Å². The Balaban J connectivity index is 1.56. The summed E-state index contributed by atoms with van der Waals surface area (Å²) in [5.74, 6) is 0.604. The second-order valence-electron chi connectivity index (χ2n) is 14.1. The van der Waals surface area contributed by atoms with Crippen LogP contribution in [0, 0.1) is 28.0 Å². The van der Waals surface area contributed by atoms with Gasteiger partial charge in [0.05, 0.1) is 12.2 Å². The van der Waals surface area contributed by atoms with Crippen LogP contribution in [0.2, 0.25) is 0 Å². The van der Waals surface area contributed by atoms with E-state index in [9.17, 15) is 9.18 Å². The first-order valence-electron chi connectivity index (χ1n) is 16.7. The van der Waals surface area contributed by atoms with E-state index >= 15 is 4.39 Å². The van der Waals surface area contributed by atoms with Crippen LogP contribution in [0.4, 0.5) is 8.78 Å². The molecule has 0 amide bonds. The second-order valence-corrected chi connectivity index (χ2v) is 14.1. The SMILES string of the molecule is CCCCOC(=O)c1cccc(OC2=c3c(-c4cc(F)cc(C5CCC(F)CC5)c4)c4c(cc3=CC(C(C)(C)C)C2)C(=N)NC4=N)c1. The highest BCUT2D eigenvalue weighted by molar-refractivity contribution is 6.26. The highest BCUT2D eigenvalue weighted by atomic mass is 19.1. The number of hydrogen-bond acceptors (Lipinski definition) is 5. The smallest absolute Gasteiger partial charge is 0.338 e. The number of hydrogen-bond donors (Lipinski definition) is 3. The van der Waals surface area contributed by atoms with Gasteiger partial charge in [-0.1, -0.05) is 52.3 Å². The van der Waals surface area contributed by atoms with Crippen LogP contribution < -0.4 is 20.5 Å². The lowest BCUT2D eigenvalue weighted by Crippen LogP contribution is -2.39. The number of alkyl halides is 1. The van der Waals surface area contributed by atoms with Crippen LogP contribution in [0.25, 0.3) is 23.0 Å². The molecule has 2 aliphatic carbocycles. The third-order valence-corrected chi connectivity index (χ3v) is 9.68. The number of amidine groups is 2. The summed E-state index contributed by atoms with van der Waals surface area (Å²) in [6.07, 6.45) is 5.83. The summed E-state index contributed by atoms with van der Waals surface area (Å²) in [5.41, 5.74) is 3.40. The molecule has 1 heterocycles. The molecule has 47 heavy (non-hydrogen) atoms. The van der Waals surface area contributed by atoms with Gasteiger partial charge >= 0.3 is 5.97 Å². The molecule has 0 spiro atoms. The summed E-state index contributed by atoms with van der Waals surface area (Å²) in [5, 5.41) is 22.0. The van der Waals surface area contributed by atoms with Crippen LogP contribution in [0.15, 0.2) is 48.5 Å². The number of fused-ring (bicyclic) bond motifs is 2. The Kier molecular flexibility index (Phi) is 9.05. The van der Waals surface area contributed by atoms with Gasteiger partial charge in [-0.2, -0.15) is 0 Å². The molecular weight excluding hydrogens is 596 g/mol. The quantitative estimate of drug-likeness (QED) is 0.174. The first-order chi connectivity index (χ1) is 22.4.